The molecule has 5 nitrogen and oxygen atoms in total. The van der Waals surface area contributed by atoms with Crippen molar-refractivity contribution in [2.24, 2.45) is 0 Å². The van der Waals surface area contributed by atoms with Gasteiger partial charge in [-0.15, -0.1) is 0 Å². The van der Waals surface area contributed by atoms with E-state index in [1.54, 1.807) is 6.20 Å². The van der Waals surface area contributed by atoms with Gasteiger partial charge in [0.2, 0.25) is 0 Å². The van der Waals surface area contributed by atoms with E-state index in [2.05, 4.69) is 15.2 Å². The summed E-state index contributed by atoms with van der Waals surface area (Å²) in [6.07, 6.45) is 3.13. The number of hydrogen-bond acceptors (Lipinski definition) is 5. The molecule has 23 heavy (non-hydrogen) atoms. The predicted octanol–water partition coefficient (Wildman–Crippen LogP) is 2.67. The van der Waals surface area contributed by atoms with Crippen molar-refractivity contribution in [1.82, 2.24) is 4.98 Å². The van der Waals surface area contributed by atoms with Gasteiger partial charge in [-0.1, -0.05) is 18.2 Å². The Labute approximate surface area is 136 Å². The molecule has 2 aromatic rings. The third kappa shape index (κ3) is 3.56. The maximum atomic E-state index is 10.1. The molecule has 1 fully saturated rings. The summed E-state index contributed by atoms with van der Waals surface area (Å²) >= 11 is 0. The average molecular weight is 313 g/mol. The molecule has 0 spiro atoms. The smallest absolute Gasteiger partial charge is 0.151 e. The van der Waals surface area contributed by atoms with Gasteiger partial charge in [0.1, 0.15) is 5.75 Å². The maximum absolute atomic E-state index is 10.1. The van der Waals surface area contributed by atoms with Crippen molar-refractivity contribution >= 4 is 11.5 Å². The molecule has 1 aliphatic rings. The first kappa shape index (κ1) is 15.6. The lowest BCUT2D eigenvalue weighted by Gasteiger charge is -2.31. The number of nitrogens with zero attached hydrogens (tertiary/aromatic N) is 2. The van der Waals surface area contributed by atoms with E-state index >= 15 is 0 Å². The molecule has 0 unspecified atom stereocenters. The highest BCUT2D eigenvalue weighted by Gasteiger charge is 2.20. The number of piperidine rings is 1. The van der Waals surface area contributed by atoms with Gasteiger partial charge >= 0.3 is 0 Å². The highest BCUT2D eigenvalue weighted by atomic mass is 16.3. The zero-order valence-corrected chi connectivity index (χ0v) is 13.4. The van der Waals surface area contributed by atoms with E-state index in [-0.39, 0.29) is 6.10 Å². The van der Waals surface area contributed by atoms with E-state index in [0.29, 0.717) is 12.3 Å². The highest BCUT2D eigenvalue weighted by Crippen LogP contribution is 2.28. The van der Waals surface area contributed by atoms with Crippen LogP contribution in [0.5, 0.6) is 5.75 Å². The zero-order valence-electron chi connectivity index (χ0n) is 13.4. The molecular weight excluding hydrogens is 290 g/mol. The first-order valence-electron chi connectivity index (χ1n) is 8.04. The van der Waals surface area contributed by atoms with Crippen LogP contribution in [0, 0.1) is 6.92 Å². The predicted molar refractivity (Wildman–Crippen MR) is 91.9 cm³/mol. The van der Waals surface area contributed by atoms with Crippen molar-refractivity contribution < 1.29 is 10.2 Å². The number of hydrogen-bond donors (Lipinski definition) is 3. The summed E-state index contributed by atoms with van der Waals surface area (Å²) < 4.78 is 0. The van der Waals surface area contributed by atoms with Crippen LogP contribution in [-0.4, -0.2) is 34.4 Å². The lowest BCUT2D eigenvalue weighted by molar-refractivity contribution is 0.145. The molecule has 1 aliphatic heterocycles. The van der Waals surface area contributed by atoms with Gasteiger partial charge in [-0.2, -0.15) is 0 Å². The van der Waals surface area contributed by atoms with Gasteiger partial charge < -0.3 is 20.4 Å². The fourth-order valence-electron chi connectivity index (χ4n) is 2.92. The molecule has 1 aromatic carbocycles. The monoisotopic (exact) mass is 313 g/mol. The van der Waals surface area contributed by atoms with Gasteiger partial charge in [0, 0.05) is 31.4 Å². The Morgan fingerprint density at radius 3 is 2.78 bits per heavy atom. The Kier molecular flexibility index (Phi) is 4.67. The van der Waals surface area contributed by atoms with Crippen LogP contribution in [0.2, 0.25) is 0 Å². The maximum Gasteiger partial charge on any atom is 0.151 e. The lowest BCUT2D eigenvalue weighted by Crippen LogP contribution is -2.36. The first-order chi connectivity index (χ1) is 11.1. The van der Waals surface area contributed by atoms with Crippen LogP contribution in [0.3, 0.4) is 0 Å². The van der Waals surface area contributed by atoms with Gasteiger partial charge in [0.05, 0.1) is 11.8 Å². The van der Waals surface area contributed by atoms with E-state index in [1.165, 1.54) is 0 Å². The number of aliphatic hydroxyl groups excluding tert-OH is 1. The summed E-state index contributed by atoms with van der Waals surface area (Å²) in [7, 11) is 0. The largest absolute Gasteiger partial charge is 0.507 e. The average Bonchev–Trinajstić information content (AvgIpc) is 2.57. The SMILES string of the molecule is Cc1cccc(CNc2cccnc2N2CCC(O)CC2)c1O. The molecule has 0 bridgehead atoms. The summed E-state index contributed by atoms with van der Waals surface area (Å²) in [5.41, 5.74) is 2.69. The van der Waals surface area contributed by atoms with Crippen molar-refractivity contribution in [2.75, 3.05) is 23.3 Å². The number of nitrogens with one attached hydrogen (secondary N) is 1. The summed E-state index contributed by atoms with van der Waals surface area (Å²) in [6.45, 7) is 4.06. The third-order valence-corrected chi connectivity index (χ3v) is 4.34. The number of para-hydroxylation sites is 1. The Morgan fingerprint density at radius 1 is 1.22 bits per heavy atom. The lowest BCUT2D eigenvalue weighted by atomic mass is 10.1. The second kappa shape index (κ2) is 6.87. The minimum Gasteiger partial charge on any atom is -0.507 e. The fourth-order valence-corrected chi connectivity index (χ4v) is 2.92. The Balaban J connectivity index is 1.74. The topological polar surface area (TPSA) is 68.6 Å². The van der Waals surface area contributed by atoms with Crippen LogP contribution in [0.4, 0.5) is 11.5 Å². The first-order valence-corrected chi connectivity index (χ1v) is 8.04. The summed E-state index contributed by atoms with van der Waals surface area (Å²) in [4.78, 5) is 6.70. The number of aliphatic hydroxyl groups is 1. The molecule has 3 N–H and O–H groups in total. The molecule has 3 rings (SSSR count). The van der Waals surface area contributed by atoms with Crippen LogP contribution in [-0.2, 0) is 6.54 Å². The Bertz CT molecular complexity index is 667. The van der Waals surface area contributed by atoms with E-state index < -0.39 is 0 Å². The summed E-state index contributed by atoms with van der Waals surface area (Å²) in [5, 5.41) is 23.2. The third-order valence-electron chi connectivity index (χ3n) is 4.34. The number of phenolic OH excluding ortho intramolecular Hbond substituents is 1. The second-order valence-electron chi connectivity index (χ2n) is 6.03. The van der Waals surface area contributed by atoms with Crippen molar-refractivity contribution in [2.45, 2.75) is 32.4 Å². The number of pyridine rings is 1. The van der Waals surface area contributed by atoms with E-state index in [1.807, 2.05) is 37.3 Å². The van der Waals surface area contributed by atoms with Gasteiger partial charge in [-0.25, -0.2) is 4.98 Å². The molecule has 0 saturated carbocycles. The molecule has 0 atom stereocenters. The number of aromatic hydroxyl groups is 1. The number of benzene rings is 1. The van der Waals surface area contributed by atoms with E-state index in [4.69, 9.17) is 0 Å². The molecular formula is C18H23N3O2. The van der Waals surface area contributed by atoms with Crippen LogP contribution in [0.25, 0.3) is 0 Å². The number of aromatic nitrogens is 1. The van der Waals surface area contributed by atoms with Crippen LogP contribution in [0.1, 0.15) is 24.0 Å². The molecule has 0 radical (unpaired) electrons. The van der Waals surface area contributed by atoms with Crippen LogP contribution in [0.15, 0.2) is 36.5 Å². The number of phenols is 1. The van der Waals surface area contributed by atoms with Gasteiger partial charge in [0.15, 0.2) is 5.82 Å². The Morgan fingerprint density at radius 2 is 2.00 bits per heavy atom. The van der Waals surface area contributed by atoms with Crippen molar-refractivity contribution in [3.8, 4) is 5.75 Å². The molecule has 1 aromatic heterocycles. The summed E-state index contributed by atoms with van der Waals surface area (Å²) in [5.74, 6) is 1.25. The van der Waals surface area contributed by atoms with E-state index in [0.717, 1.165) is 48.6 Å². The minimum atomic E-state index is -0.199. The number of anilines is 2. The number of aryl methyl sites for hydroxylation is 1. The number of rotatable bonds is 4. The van der Waals surface area contributed by atoms with Crippen LogP contribution < -0.4 is 10.2 Å². The highest BCUT2D eigenvalue weighted by molar-refractivity contribution is 5.65. The molecule has 5 heteroatoms. The Hall–Kier alpha value is -2.27. The minimum absolute atomic E-state index is 0.199. The molecule has 122 valence electrons. The second-order valence-corrected chi connectivity index (χ2v) is 6.03. The molecule has 2 heterocycles. The van der Waals surface area contributed by atoms with Crippen LogP contribution >= 0.6 is 0 Å². The van der Waals surface area contributed by atoms with Gasteiger partial charge in [-0.05, 0) is 37.5 Å². The summed E-state index contributed by atoms with van der Waals surface area (Å²) in [6, 6.07) is 9.67. The van der Waals surface area contributed by atoms with Gasteiger partial charge in [-0.3, -0.25) is 0 Å². The zero-order chi connectivity index (χ0) is 16.2. The van der Waals surface area contributed by atoms with Crippen molar-refractivity contribution in [3.05, 3.63) is 47.7 Å². The standard InChI is InChI=1S/C18H23N3O2/c1-13-4-2-5-14(17(13)23)12-20-16-6-3-9-19-18(16)21-10-7-15(22)8-11-21/h2-6,9,15,20,22-23H,7-8,10-12H2,1H3. The molecule has 1 saturated heterocycles. The normalized spacial score (nSPS) is 15.7. The molecule has 0 aliphatic carbocycles. The fraction of sp³-hybridized carbons (Fsp3) is 0.389. The van der Waals surface area contributed by atoms with E-state index in [9.17, 15) is 10.2 Å². The van der Waals surface area contributed by atoms with Crippen molar-refractivity contribution in [3.63, 3.8) is 0 Å². The quantitative estimate of drug-likeness (QED) is 0.810. The van der Waals surface area contributed by atoms with Crippen molar-refractivity contribution in [1.29, 1.82) is 0 Å². The molecule has 0 amide bonds. The van der Waals surface area contributed by atoms with Gasteiger partial charge in [0.25, 0.3) is 0 Å².